The molecule has 5 nitrogen and oxygen atoms in total. The third-order valence-electron chi connectivity index (χ3n) is 3.92. The third-order valence-corrected chi connectivity index (χ3v) is 4.18. The standard InChI is InChI=1S/C18H19ClN4O/c1-12-11-23(22-17(12)15-4-2-3-5-16(15)24)18(20)21-10-13-6-8-14(19)9-7-13/h2-9,12,24H,10-11H2,1H3,(H2,20,21). The van der Waals surface area contributed by atoms with Crippen LogP contribution >= 0.6 is 11.6 Å². The van der Waals surface area contributed by atoms with E-state index >= 15 is 0 Å². The zero-order valence-corrected chi connectivity index (χ0v) is 14.1. The molecule has 24 heavy (non-hydrogen) atoms. The Balaban J connectivity index is 1.76. The average molecular weight is 343 g/mol. The minimum Gasteiger partial charge on any atom is -0.507 e. The highest BCUT2D eigenvalue weighted by molar-refractivity contribution is 6.30. The molecule has 0 spiro atoms. The first-order valence-corrected chi connectivity index (χ1v) is 8.11. The van der Waals surface area contributed by atoms with Gasteiger partial charge in [0.05, 0.1) is 18.8 Å². The van der Waals surface area contributed by atoms with E-state index in [1.165, 1.54) is 0 Å². The zero-order valence-electron chi connectivity index (χ0n) is 13.4. The summed E-state index contributed by atoms with van der Waals surface area (Å²) in [6.07, 6.45) is 0. The number of hydrazone groups is 1. The molecule has 0 saturated heterocycles. The fraction of sp³-hybridized carbons (Fsp3) is 0.222. The largest absolute Gasteiger partial charge is 0.507 e. The number of aromatic hydroxyl groups is 1. The Hall–Kier alpha value is -2.53. The summed E-state index contributed by atoms with van der Waals surface area (Å²) >= 11 is 5.87. The number of halogens is 1. The van der Waals surface area contributed by atoms with Crippen LogP contribution in [-0.4, -0.2) is 28.3 Å². The Morgan fingerprint density at radius 3 is 2.71 bits per heavy atom. The zero-order chi connectivity index (χ0) is 17.1. The summed E-state index contributed by atoms with van der Waals surface area (Å²) in [5.41, 5.74) is 8.66. The molecule has 0 saturated carbocycles. The van der Waals surface area contributed by atoms with Gasteiger partial charge in [-0.3, -0.25) is 0 Å². The number of hydrogen-bond donors (Lipinski definition) is 2. The number of aliphatic imine (C=N–C) groups is 1. The molecule has 0 radical (unpaired) electrons. The van der Waals surface area contributed by atoms with E-state index in [1.54, 1.807) is 17.1 Å². The number of phenolic OH excluding ortho intramolecular Hbond substituents is 1. The minimum atomic E-state index is 0.155. The summed E-state index contributed by atoms with van der Waals surface area (Å²) in [7, 11) is 0. The Morgan fingerprint density at radius 2 is 2.00 bits per heavy atom. The van der Waals surface area contributed by atoms with Crippen molar-refractivity contribution in [2.45, 2.75) is 13.5 Å². The molecule has 0 aromatic heterocycles. The van der Waals surface area contributed by atoms with Gasteiger partial charge in [-0.25, -0.2) is 10.0 Å². The lowest BCUT2D eigenvalue weighted by atomic mass is 9.99. The van der Waals surface area contributed by atoms with Crippen LogP contribution in [0.1, 0.15) is 18.1 Å². The second-order valence-corrected chi connectivity index (χ2v) is 6.22. The van der Waals surface area contributed by atoms with Gasteiger partial charge in [0.1, 0.15) is 5.75 Å². The Kier molecular flexibility index (Phi) is 4.71. The van der Waals surface area contributed by atoms with Crippen LogP contribution in [0.15, 0.2) is 58.6 Å². The van der Waals surface area contributed by atoms with Crippen LogP contribution in [0.3, 0.4) is 0 Å². The maximum Gasteiger partial charge on any atom is 0.212 e. The van der Waals surface area contributed by atoms with Crippen LogP contribution in [0.25, 0.3) is 0 Å². The van der Waals surface area contributed by atoms with E-state index in [4.69, 9.17) is 17.3 Å². The maximum absolute atomic E-state index is 10.0. The molecule has 1 heterocycles. The van der Waals surface area contributed by atoms with Crippen LogP contribution in [-0.2, 0) is 6.54 Å². The van der Waals surface area contributed by atoms with Gasteiger partial charge in [-0.15, -0.1) is 0 Å². The lowest BCUT2D eigenvalue weighted by Crippen LogP contribution is -2.32. The first-order chi connectivity index (χ1) is 11.5. The van der Waals surface area contributed by atoms with Gasteiger partial charge < -0.3 is 10.8 Å². The van der Waals surface area contributed by atoms with Crippen molar-refractivity contribution in [3.8, 4) is 5.75 Å². The first-order valence-electron chi connectivity index (χ1n) is 7.73. The van der Waals surface area contributed by atoms with Gasteiger partial charge in [0.2, 0.25) is 5.96 Å². The fourth-order valence-electron chi connectivity index (χ4n) is 2.61. The van der Waals surface area contributed by atoms with E-state index in [2.05, 4.69) is 17.0 Å². The number of guanidine groups is 1. The molecule has 2 aromatic rings. The molecule has 0 fully saturated rings. The predicted molar refractivity (Wildman–Crippen MR) is 97.3 cm³/mol. The first kappa shape index (κ1) is 16.3. The highest BCUT2D eigenvalue weighted by Crippen LogP contribution is 2.25. The lowest BCUT2D eigenvalue weighted by molar-refractivity contribution is 0.449. The topological polar surface area (TPSA) is 74.2 Å². The van der Waals surface area contributed by atoms with Crippen molar-refractivity contribution >= 4 is 23.3 Å². The van der Waals surface area contributed by atoms with Crippen molar-refractivity contribution in [1.82, 2.24) is 5.01 Å². The van der Waals surface area contributed by atoms with Gasteiger partial charge in [0, 0.05) is 16.5 Å². The lowest BCUT2D eigenvalue weighted by Gasteiger charge is -2.13. The fourth-order valence-corrected chi connectivity index (χ4v) is 2.74. The van der Waals surface area contributed by atoms with Crippen LogP contribution < -0.4 is 5.73 Å². The minimum absolute atomic E-state index is 0.155. The summed E-state index contributed by atoms with van der Waals surface area (Å²) in [6, 6.07) is 14.7. The number of para-hydroxylation sites is 1. The van der Waals surface area contributed by atoms with E-state index in [1.807, 2.05) is 36.4 Å². The molecule has 1 unspecified atom stereocenters. The number of nitrogens with two attached hydrogens (primary N) is 1. The quantitative estimate of drug-likeness (QED) is 0.664. The Labute approximate surface area is 146 Å². The summed E-state index contributed by atoms with van der Waals surface area (Å²) in [5.74, 6) is 0.742. The number of hydrogen-bond acceptors (Lipinski definition) is 3. The molecule has 1 atom stereocenters. The highest BCUT2D eigenvalue weighted by Gasteiger charge is 2.27. The number of nitrogens with zero attached hydrogens (tertiary/aromatic N) is 3. The molecule has 0 bridgehead atoms. The van der Waals surface area contributed by atoms with Crippen molar-refractivity contribution in [2.24, 2.45) is 21.7 Å². The smallest absolute Gasteiger partial charge is 0.212 e. The normalized spacial score (nSPS) is 17.9. The highest BCUT2D eigenvalue weighted by atomic mass is 35.5. The van der Waals surface area contributed by atoms with Gasteiger partial charge in [-0.2, -0.15) is 5.10 Å². The van der Waals surface area contributed by atoms with E-state index < -0.39 is 0 Å². The predicted octanol–water partition coefficient (Wildman–Crippen LogP) is 3.22. The molecular formula is C18H19ClN4O. The van der Waals surface area contributed by atoms with Crippen LogP contribution in [0.2, 0.25) is 5.02 Å². The van der Waals surface area contributed by atoms with Crippen molar-refractivity contribution in [1.29, 1.82) is 0 Å². The van der Waals surface area contributed by atoms with Crippen molar-refractivity contribution in [2.75, 3.05) is 6.54 Å². The van der Waals surface area contributed by atoms with Crippen molar-refractivity contribution < 1.29 is 5.11 Å². The van der Waals surface area contributed by atoms with Gasteiger partial charge in [0.25, 0.3) is 0 Å². The molecular weight excluding hydrogens is 324 g/mol. The second-order valence-electron chi connectivity index (χ2n) is 5.79. The monoisotopic (exact) mass is 342 g/mol. The van der Waals surface area contributed by atoms with Crippen LogP contribution in [0.5, 0.6) is 5.75 Å². The second kappa shape index (κ2) is 6.93. The van der Waals surface area contributed by atoms with Crippen LogP contribution in [0, 0.1) is 5.92 Å². The number of rotatable bonds is 3. The van der Waals surface area contributed by atoms with Gasteiger partial charge in [-0.1, -0.05) is 42.8 Å². The molecule has 2 aromatic carbocycles. The summed E-state index contributed by atoms with van der Waals surface area (Å²) in [4.78, 5) is 4.40. The molecule has 3 rings (SSSR count). The SMILES string of the molecule is CC1CN(C(N)=NCc2ccc(Cl)cc2)N=C1c1ccccc1O. The Bertz CT molecular complexity index is 786. The van der Waals surface area contributed by atoms with Crippen molar-refractivity contribution in [3.63, 3.8) is 0 Å². The van der Waals surface area contributed by atoms with Crippen molar-refractivity contribution in [3.05, 3.63) is 64.7 Å². The summed E-state index contributed by atoms with van der Waals surface area (Å²) in [5, 5.41) is 16.9. The number of benzene rings is 2. The van der Waals surface area contributed by atoms with E-state index in [9.17, 15) is 5.11 Å². The van der Waals surface area contributed by atoms with E-state index in [0.29, 0.717) is 24.1 Å². The number of phenols is 1. The summed E-state index contributed by atoms with van der Waals surface area (Å²) < 4.78 is 0. The maximum atomic E-state index is 10.0. The molecule has 0 aliphatic carbocycles. The van der Waals surface area contributed by atoms with Gasteiger partial charge in [-0.05, 0) is 29.8 Å². The molecule has 1 aliphatic heterocycles. The third kappa shape index (κ3) is 3.51. The molecule has 6 heteroatoms. The molecule has 124 valence electrons. The molecule has 1 aliphatic rings. The van der Waals surface area contributed by atoms with Gasteiger partial charge in [0.15, 0.2) is 0 Å². The molecule has 0 amide bonds. The van der Waals surface area contributed by atoms with Crippen LogP contribution in [0.4, 0.5) is 0 Å². The van der Waals surface area contributed by atoms with E-state index in [-0.39, 0.29) is 11.7 Å². The summed E-state index contributed by atoms with van der Waals surface area (Å²) in [6.45, 7) is 3.16. The average Bonchev–Trinajstić information content (AvgIpc) is 2.96. The van der Waals surface area contributed by atoms with Gasteiger partial charge >= 0.3 is 0 Å². The molecule has 3 N–H and O–H groups in total. The van der Waals surface area contributed by atoms with E-state index in [0.717, 1.165) is 16.8 Å². The Morgan fingerprint density at radius 1 is 1.29 bits per heavy atom.